The Hall–Kier alpha value is -0.870. The van der Waals surface area contributed by atoms with Gasteiger partial charge in [-0.25, -0.2) is 0 Å². The molecule has 1 N–H and O–H groups in total. The Kier molecular flexibility index (Phi) is 2.69. The summed E-state index contributed by atoms with van der Waals surface area (Å²) in [6.07, 6.45) is 4.11. The number of rotatable bonds is 2. The van der Waals surface area contributed by atoms with Crippen LogP contribution in [0.1, 0.15) is 36.2 Å². The minimum Gasteiger partial charge on any atom is -0.307 e. The van der Waals surface area contributed by atoms with Crippen molar-refractivity contribution in [1.82, 2.24) is 20.0 Å². The number of piperidine rings is 1. The minimum absolute atomic E-state index is 0.985. The molecule has 3 heterocycles. The molecule has 0 aliphatic carbocycles. The second-order valence-corrected chi connectivity index (χ2v) is 4.94. The Morgan fingerprint density at radius 3 is 2.81 bits per heavy atom. The summed E-state index contributed by atoms with van der Waals surface area (Å²) in [5.74, 6) is 0. The maximum atomic E-state index is 4.66. The Balaban J connectivity index is 1.76. The molecule has 4 nitrogen and oxygen atoms in total. The van der Waals surface area contributed by atoms with E-state index < -0.39 is 0 Å². The molecule has 0 spiro atoms. The van der Waals surface area contributed by atoms with Gasteiger partial charge in [-0.3, -0.25) is 9.58 Å². The van der Waals surface area contributed by atoms with E-state index in [2.05, 4.69) is 27.0 Å². The van der Waals surface area contributed by atoms with Crippen LogP contribution in [0, 0.1) is 0 Å². The zero-order chi connectivity index (χ0) is 11.0. The van der Waals surface area contributed by atoms with E-state index in [0.717, 1.165) is 19.6 Å². The lowest BCUT2D eigenvalue weighted by Gasteiger charge is -2.25. The molecule has 0 amide bonds. The highest BCUT2D eigenvalue weighted by molar-refractivity contribution is 5.29. The van der Waals surface area contributed by atoms with Gasteiger partial charge in [-0.05, 0) is 25.9 Å². The molecule has 0 bridgehead atoms. The molecule has 1 aromatic heterocycles. The quantitative estimate of drug-likeness (QED) is 0.807. The van der Waals surface area contributed by atoms with Crippen molar-refractivity contribution in [2.75, 3.05) is 13.1 Å². The van der Waals surface area contributed by atoms with Gasteiger partial charge in [0.05, 0.1) is 11.4 Å². The van der Waals surface area contributed by atoms with Crippen molar-refractivity contribution in [2.45, 2.75) is 38.9 Å². The van der Waals surface area contributed by atoms with Crippen molar-refractivity contribution in [3.8, 4) is 0 Å². The first-order valence-electron chi connectivity index (χ1n) is 6.31. The number of nitrogens with zero attached hydrogens (tertiary/aromatic N) is 3. The smallest absolute Gasteiger partial charge is 0.0813 e. The second-order valence-electron chi connectivity index (χ2n) is 4.94. The molecular formula is C12H20N4. The fourth-order valence-corrected chi connectivity index (χ4v) is 2.85. The van der Waals surface area contributed by atoms with Crippen LogP contribution in [0.25, 0.3) is 0 Å². The molecule has 1 aromatic rings. The lowest BCUT2D eigenvalue weighted by Crippen LogP contribution is -2.29. The topological polar surface area (TPSA) is 33.1 Å². The summed E-state index contributed by atoms with van der Waals surface area (Å²) in [6.45, 7) is 5.54. The van der Waals surface area contributed by atoms with Crippen LogP contribution in [0.15, 0.2) is 0 Å². The van der Waals surface area contributed by atoms with Crippen LogP contribution in [-0.2, 0) is 26.7 Å². The normalized spacial score (nSPS) is 21.3. The summed E-state index contributed by atoms with van der Waals surface area (Å²) in [6, 6.07) is 0. The standard InChI is InChI=1S/C12H20N4/c1-15-12-8-13-7-10(12)11(14-15)9-16-5-3-2-4-6-16/h13H,2-9H2,1H3. The monoisotopic (exact) mass is 220 g/mol. The van der Waals surface area contributed by atoms with Crippen molar-refractivity contribution in [3.05, 3.63) is 17.0 Å². The third-order valence-corrected chi connectivity index (χ3v) is 3.77. The maximum absolute atomic E-state index is 4.66. The first kappa shape index (κ1) is 10.3. The van der Waals surface area contributed by atoms with Crippen LogP contribution >= 0.6 is 0 Å². The van der Waals surface area contributed by atoms with Crippen LogP contribution in [0.2, 0.25) is 0 Å². The van der Waals surface area contributed by atoms with Gasteiger partial charge >= 0.3 is 0 Å². The summed E-state index contributed by atoms with van der Waals surface area (Å²) in [7, 11) is 2.06. The van der Waals surface area contributed by atoms with E-state index in [1.165, 1.54) is 49.3 Å². The molecule has 0 atom stereocenters. The van der Waals surface area contributed by atoms with Crippen LogP contribution in [0.5, 0.6) is 0 Å². The lowest BCUT2D eigenvalue weighted by atomic mass is 10.1. The predicted molar refractivity (Wildman–Crippen MR) is 62.9 cm³/mol. The zero-order valence-corrected chi connectivity index (χ0v) is 10.00. The molecule has 16 heavy (non-hydrogen) atoms. The molecule has 0 unspecified atom stereocenters. The number of hydrogen-bond acceptors (Lipinski definition) is 3. The van der Waals surface area contributed by atoms with Gasteiger partial charge < -0.3 is 5.32 Å². The highest BCUT2D eigenvalue weighted by Gasteiger charge is 2.22. The molecule has 2 aliphatic heterocycles. The molecule has 0 saturated carbocycles. The van der Waals surface area contributed by atoms with E-state index >= 15 is 0 Å². The minimum atomic E-state index is 0.985. The van der Waals surface area contributed by atoms with Crippen LogP contribution in [0.3, 0.4) is 0 Å². The summed E-state index contributed by atoms with van der Waals surface area (Å²) in [5, 5.41) is 8.07. The average molecular weight is 220 g/mol. The number of nitrogens with one attached hydrogen (secondary N) is 1. The molecular weight excluding hydrogens is 200 g/mol. The Bertz CT molecular complexity index is 377. The van der Waals surface area contributed by atoms with Crippen molar-refractivity contribution >= 4 is 0 Å². The van der Waals surface area contributed by atoms with Gasteiger partial charge in [-0.1, -0.05) is 6.42 Å². The molecule has 0 aromatic carbocycles. The fraction of sp³-hybridized carbons (Fsp3) is 0.750. The molecule has 2 aliphatic rings. The van der Waals surface area contributed by atoms with Gasteiger partial charge in [0.2, 0.25) is 0 Å². The largest absolute Gasteiger partial charge is 0.307 e. The average Bonchev–Trinajstić information content (AvgIpc) is 2.87. The number of aryl methyl sites for hydroxylation is 1. The molecule has 3 rings (SSSR count). The van der Waals surface area contributed by atoms with E-state index in [-0.39, 0.29) is 0 Å². The Labute approximate surface area is 96.6 Å². The van der Waals surface area contributed by atoms with E-state index in [1.807, 2.05) is 0 Å². The lowest BCUT2D eigenvalue weighted by molar-refractivity contribution is 0.217. The van der Waals surface area contributed by atoms with Gasteiger partial charge in [0.25, 0.3) is 0 Å². The molecule has 88 valence electrons. The third kappa shape index (κ3) is 1.76. The SMILES string of the molecule is Cn1nc(CN2CCCCC2)c2c1CNC2. The summed E-state index contributed by atoms with van der Waals surface area (Å²) >= 11 is 0. The Morgan fingerprint density at radius 2 is 2.00 bits per heavy atom. The van der Waals surface area contributed by atoms with Crippen molar-refractivity contribution < 1.29 is 0 Å². The van der Waals surface area contributed by atoms with Crippen LogP contribution in [0.4, 0.5) is 0 Å². The molecule has 1 fully saturated rings. The maximum Gasteiger partial charge on any atom is 0.0813 e. The summed E-state index contributed by atoms with van der Waals surface area (Å²) in [5.41, 5.74) is 4.13. The number of fused-ring (bicyclic) bond motifs is 1. The Morgan fingerprint density at radius 1 is 1.19 bits per heavy atom. The first-order chi connectivity index (χ1) is 7.84. The van der Waals surface area contributed by atoms with Gasteiger partial charge in [-0.2, -0.15) is 5.10 Å². The van der Waals surface area contributed by atoms with Gasteiger partial charge in [0.15, 0.2) is 0 Å². The molecule has 0 radical (unpaired) electrons. The van der Waals surface area contributed by atoms with E-state index in [9.17, 15) is 0 Å². The summed E-state index contributed by atoms with van der Waals surface area (Å²) in [4.78, 5) is 2.55. The third-order valence-electron chi connectivity index (χ3n) is 3.77. The van der Waals surface area contributed by atoms with Crippen LogP contribution < -0.4 is 5.32 Å². The van der Waals surface area contributed by atoms with Crippen molar-refractivity contribution in [1.29, 1.82) is 0 Å². The van der Waals surface area contributed by atoms with E-state index in [1.54, 1.807) is 0 Å². The highest BCUT2D eigenvalue weighted by Crippen LogP contribution is 2.21. The van der Waals surface area contributed by atoms with Crippen LogP contribution in [-0.4, -0.2) is 27.8 Å². The second kappa shape index (κ2) is 4.18. The van der Waals surface area contributed by atoms with Gasteiger partial charge in [-0.15, -0.1) is 0 Å². The van der Waals surface area contributed by atoms with Gasteiger partial charge in [0.1, 0.15) is 0 Å². The van der Waals surface area contributed by atoms with E-state index in [4.69, 9.17) is 0 Å². The number of likely N-dealkylation sites (tertiary alicyclic amines) is 1. The number of hydrogen-bond donors (Lipinski definition) is 1. The first-order valence-corrected chi connectivity index (χ1v) is 6.31. The molecule has 1 saturated heterocycles. The molecule has 4 heteroatoms. The fourth-order valence-electron chi connectivity index (χ4n) is 2.85. The number of aromatic nitrogens is 2. The van der Waals surface area contributed by atoms with E-state index in [0.29, 0.717) is 0 Å². The van der Waals surface area contributed by atoms with Gasteiger partial charge in [0, 0.05) is 32.2 Å². The van der Waals surface area contributed by atoms with Crippen molar-refractivity contribution in [3.63, 3.8) is 0 Å². The zero-order valence-electron chi connectivity index (χ0n) is 10.00. The highest BCUT2D eigenvalue weighted by atomic mass is 15.3. The van der Waals surface area contributed by atoms with Crippen molar-refractivity contribution in [2.24, 2.45) is 7.05 Å². The summed E-state index contributed by atoms with van der Waals surface area (Å²) < 4.78 is 2.05. The predicted octanol–water partition coefficient (Wildman–Crippen LogP) is 1.01.